The van der Waals surface area contributed by atoms with Crippen molar-refractivity contribution in [1.82, 2.24) is 0 Å². The van der Waals surface area contributed by atoms with Crippen molar-refractivity contribution < 1.29 is 14.1 Å². The molecule has 32 heavy (non-hydrogen) atoms. The summed E-state index contributed by atoms with van der Waals surface area (Å²) in [7, 11) is 0. The van der Waals surface area contributed by atoms with E-state index in [1.807, 2.05) is 12.1 Å². The SMILES string of the molecule is O=C(/C=C/c1ccc(Cl)c([N+](=O)[O-])c1)Nc1cccc(-c2cc3ccccc3oc2=O)c1. The topological polar surface area (TPSA) is 102 Å². The van der Waals surface area contributed by atoms with E-state index in [0.717, 1.165) is 5.39 Å². The highest BCUT2D eigenvalue weighted by molar-refractivity contribution is 6.32. The van der Waals surface area contributed by atoms with Gasteiger partial charge in [0.25, 0.3) is 5.69 Å². The molecule has 7 nitrogen and oxygen atoms in total. The van der Waals surface area contributed by atoms with E-state index in [1.165, 1.54) is 24.3 Å². The van der Waals surface area contributed by atoms with Crippen LogP contribution in [-0.4, -0.2) is 10.8 Å². The first-order chi connectivity index (χ1) is 15.4. The van der Waals surface area contributed by atoms with Crippen LogP contribution in [-0.2, 0) is 4.79 Å². The summed E-state index contributed by atoms with van der Waals surface area (Å²) in [4.78, 5) is 35.1. The monoisotopic (exact) mass is 446 g/mol. The van der Waals surface area contributed by atoms with E-state index in [0.29, 0.717) is 28.0 Å². The van der Waals surface area contributed by atoms with Gasteiger partial charge < -0.3 is 9.73 Å². The zero-order valence-corrected chi connectivity index (χ0v) is 17.2. The number of hydrogen-bond acceptors (Lipinski definition) is 5. The van der Waals surface area contributed by atoms with E-state index in [4.69, 9.17) is 16.0 Å². The van der Waals surface area contributed by atoms with Crippen molar-refractivity contribution in [2.24, 2.45) is 0 Å². The third-order valence-electron chi connectivity index (χ3n) is 4.68. The van der Waals surface area contributed by atoms with Gasteiger partial charge in [-0.3, -0.25) is 14.9 Å². The summed E-state index contributed by atoms with van der Waals surface area (Å²) in [5.74, 6) is -0.440. The molecule has 1 N–H and O–H groups in total. The molecule has 0 fully saturated rings. The predicted octanol–water partition coefficient (Wildman–Crippen LogP) is 5.67. The molecule has 0 saturated carbocycles. The van der Waals surface area contributed by atoms with Crippen LogP contribution in [0.5, 0.6) is 0 Å². The Morgan fingerprint density at radius 1 is 1.03 bits per heavy atom. The first-order valence-electron chi connectivity index (χ1n) is 9.47. The molecule has 0 radical (unpaired) electrons. The third kappa shape index (κ3) is 4.58. The second-order valence-electron chi connectivity index (χ2n) is 6.86. The number of benzene rings is 3. The maximum Gasteiger partial charge on any atom is 0.344 e. The summed E-state index contributed by atoms with van der Waals surface area (Å²) in [6.45, 7) is 0. The van der Waals surface area contributed by atoms with Crippen LogP contribution < -0.4 is 10.9 Å². The first kappa shape index (κ1) is 21.0. The minimum Gasteiger partial charge on any atom is -0.422 e. The lowest BCUT2D eigenvalue weighted by Gasteiger charge is -2.06. The maximum absolute atomic E-state index is 12.4. The van der Waals surface area contributed by atoms with E-state index in [-0.39, 0.29) is 10.7 Å². The first-order valence-corrected chi connectivity index (χ1v) is 9.85. The minimum absolute atomic E-state index is 0.0200. The molecule has 0 aliphatic carbocycles. The normalized spacial score (nSPS) is 11.0. The Labute approximate surface area is 186 Å². The van der Waals surface area contributed by atoms with Gasteiger partial charge in [-0.1, -0.05) is 48.0 Å². The summed E-state index contributed by atoms with van der Waals surface area (Å²) in [5, 5.41) is 14.5. The number of amides is 1. The molecule has 4 aromatic rings. The second-order valence-corrected chi connectivity index (χ2v) is 7.26. The lowest BCUT2D eigenvalue weighted by Crippen LogP contribution is -2.08. The van der Waals surface area contributed by atoms with Crippen LogP contribution in [0.1, 0.15) is 5.56 Å². The number of carbonyl (C=O) groups excluding carboxylic acids is 1. The number of para-hydroxylation sites is 1. The molecule has 8 heteroatoms. The zero-order valence-electron chi connectivity index (χ0n) is 16.4. The van der Waals surface area contributed by atoms with E-state index in [9.17, 15) is 19.7 Å². The molecule has 0 aliphatic heterocycles. The molecular weight excluding hydrogens is 432 g/mol. The van der Waals surface area contributed by atoms with Crippen molar-refractivity contribution in [2.45, 2.75) is 0 Å². The summed E-state index contributed by atoms with van der Waals surface area (Å²) >= 11 is 5.80. The number of fused-ring (bicyclic) bond motifs is 1. The van der Waals surface area contributed by atoms with Gasteiger partial charge in [-0.15, -0.1) is 0 Å². The van der Waals surface area contributed by atoms with Gasteiger partial charge in [-0.05, 0) is 47.5 Å². The third-order valence-corrected chi connectivity index (χ3v) is 5.00. The van der Waals surface area contributed by atoms with Gasteiger partial charge in [-0.25, -0.2) is 4.79 Å². The largest absolute Gasteiger partial charge is 0.422 e. The standard InChI is InChI=1S/C24H15ClN2O5/c25-20-10-8-15(12-21(20)27(30)31)9-11-23(28)26-18-6-3-5-16(13-18)19-14-17-4-1-2-7-22(17)32-24(19)29/h1-14H,(H,26,28)/b11-9+. The van der Waals surface area contributed by atoms with Crippen molar-refractivity contribution in [2.75, 3.05) is 5.32 Å². The summed E-state index contributed by atoms with van der Waals surface area (Å²) < 4.78 is 5.38. The van der Waals surface area contributed by atoms with E-state index < -0.39 is 16.5 Å². The molecule has 4 rings (SSSR count). The number of rotatable bonds is 5. The predicted molar refractivity (Wildman–Crippen MR) is 124 cm³/mol. The van der Waals surface area contributed by atoms with Crippen LogP contribution in [0.15, 0.2) is 88.1 Å². The molecule has 158 valence electrons. The fourth-order valence-electron chi connectivity index (χ4n) is 3.16. The van der Waals surface area contributed by atoms with Crippen LogP contribution in [0.3, 0.4) is 0 Å². The number of carbonyl (C=O) groups is 1. The van der Waals surface area contributed by atoms with Gasteiger partial charge >= 0.3 is 5.63 Å². The fraction of sp³-hybridized carbons (Fsp3) is 0. The molecule has 3 aromatic carbocycles. The average molecular weight is 447 g/mol. The smallest absolute Gasteiger partial charge is 0.344 e. The molecule has 1 heterocycles. The highest BCUT2D eigenvalue weighted by Crippen LogP contribution is 2.26. The molecule has 0 unspecified atom stereocenters. The quantitative estimate of drug-likeness (QED) is 0.184. The lowest BCUT2D eigenvalue weighted by atomic mass is 10.1. The highest BCUT2D eigenvalue weighted by atomic mass is 35.5. The van der Waals surface area contributed by atoms with Crippen molar-refractivity contribution in [3.63, 3.8) is 0 Å². The molecular formula is C24H15ClN2O5. The Kier molecular flexibility index (Phi) is 5.83. The Hall–Kier alpha value is -4.23. The summed E-state index contributed by atoms with van der Waals surface area (Å²) in [6.07, 6.45) is 2.70. The van der Waals surface area contributed by atoms with E-state index in [1.54, 1.807) is 48.5 Å². The summed E-state index contributed by atoms with van der Waals surface area (Å²) in [6, 6.07) is 20.0. The van der Waals surface area contributed by atoms with E-state index >= 15 is 0 Å². The number of anilines is 1. The lowest BCUT2D eigenvalue weighted by molar-refractivity contribution is -0.384. The zero-order chi connectivity index (χ0) is 22.7. The van der Waals surface area contributed by atoms with Gasteiger partial charge in [0.2, 0.25) is 5.91 Å². The number of hydrogen-bond donors (Lipinski definition) is 1. The van der Waals surface area contributed by atoms with Crippen molar-refractivity contribution in [3.8, 4) is 11.1 Å². The molecule has 0 spiro atoms. The second kappa shape index (κ2) is 8.87. The van der Waals surface area contributed by atoms with Crippen molar-refractivity contribution in [1.29, 1.82) is 0 Å². The highest BCUT2D eigenvalue weighted by Gasteiger charge is 2.12. The van der Waals surface area contributed by atoms with Crippen molar-refractivity contribution in [3.05, 3.63) is 110 Å². The number of nitrogens with zero attached hydrogens (tertiary/aromatic N) is 1. The van der Waals surface area contributed by atoms with Crippen LogP contribution >= 0.6 is 11.6 Å². The maximum atomic E-state index is 12.4. The molecule has 0 atom stereocenters. The fourth-order valence-corrected chi connectivity index (χ4v) is 3.34. The molecule has 0 aliphatic rings. The molecule has 0 bridgehead atoms. The van der Waals surface area contributed by atoms with Gasteiger partial charge in [0.05, 0.1) is 10.5 Å². The van der Waals surface area contributed by atoms with Crippen molar-refractivity contribution >= 4 is 45.9 Å². The van der Waals surface area contributed by atoms with E-state index in [2.05, 4.69) is 5.32 Å². The minimum atomic E-state index is -0.589. The average Bonchev–Trinajstić information content (AvgIpc) is 2.78. The number of nitro benzene ring substituents is 1. The Bertz CT molecular complexity index is 1440. The number of halogens is 1. The van der Waals surface area contributed by atoms with Gasteiger partial charge in [0.15, 0.2) is 0 Å². The summed E-state index contributed by atoms with van der Waals surface area (Å²) in [5.41, 5.74) is 1.69. The Morgan fingerprint density at radius 2 is 1.84 bits per heavy atom. The van der Waals surface area contributed by atoms with Crippen LogP contribution in [0.25, 0.3) is 28.2 Å². The van der Waals surface area contributed by atoms with Gasteiger partial charge in [0, 0.05) is 23.2 Å². The van der Waals surface area contributed by atoms with Gasteiger partial charge in [-0.2, -0.15) is 0 Å². The number of nitrogens with one attached hydrogen (secondary N) is 1. The molecule has 0 saturated heterocycles. The van der Waals surface area contributed by atoms with Crippen LogP contribution in [0.2, 0.25) is 5.02 Å². The Balaban J connectivity index is 1.55. The van der Waals surface area contributed by atoms with Crippen LogP contribution in [0, 0.1) is 10.1 Å². The van der Waals surface area contributed by atoms with Crippen LogP contribution in [0.4, 0.5) is 11.4 Å². The molecule has 1 amide bonds. The molecule has 1 aromatic heterocycles. The Morgan fingerprint density at radius 3 is 2.66 bits per heavy atom. The number of nitro groups is 1. The van der Waals surface area contributed by atoms with Gasteiger partial charge in [0.1, 0.15) is 10.6 Å².